The Labute approximate surface area is 209 Å². The van der Waals surface area contributed by atoms with Crippen molar-refractivity contribution in [1.29, 1.82) is 0 Å². The average Bonchev–Trinajstić information content (AvgIpc) is 3.27. The van der Waals surface area contributed by atoms with Crippen molar-refractivity contribution in [3.05, 3.63) is 46.8 Å². The molecule has 4 aliphatic rings. The SMILES string of the molecule is CC[C@@]1(O)C(=O)OCC2C(=O)N3Cc4c(nc5ccccc5c4/C=N/N4CCN(C)CC4)C3=C(N)C21. The quantitative estimate of drug-likeness (QED) is 0.477. The molecule has 0 aliphatic carbocycles. The summed E-state index contributed by atoms with van der Waals surface area (Å²) in [7, 11) is 2.10. The summed E-state index contributed by atoms with van der Waals surface area (Å²) in [6.07, 6.45) is 1.96. The van der Waals surface area contributed by atoms with Gasteiger partial charge in [0.15, 0.2) is 5.60 Å². The third-order valence-corrected chi connectivity index (χ3v) is 8.07. The van der Waals surface area contributed by atoms with E-state index in [0.29, 0.717) is 23.6 Å². The molecule has 10 heteroatoms. The van der Waals surface area contributed by atoms with Crippen LogP contribution in [0.25, 0.3) is 16.6 Å². The van der Waals surface area contributed by atoms with Crippen LogP contribution in [0.3, 0.4) is 0 Å². The number of amides is 1. The van der Waals surface area contributed by atoms with Gasteiger partial charge in [0.1, 0.15) is 6.61 Å². The second-order valence-corrected chi connectivity index (χ2v) is 10.1. The summed E-state index contributed by atoms with van der Waals surface area (Å²) < 4.78 is 5.24. The van der Waals surface area contributed by atoms with Gasteiger partial charge in [0, 0.05) is 48.4 Å². The number of nitrogens with zero attached hydrogens (tertiary/aromatic N) is 5. The van der Waals surface area contributed by atoms with Crippen LogP contribution in [-0.4, -0.2) is 88.4 Å². The van der Waals surface area contributed by atoms with Gasteiger partial charge < -0.3 is 25.4 Å². The van der Waals surface area contributed by atoms with Crippen molar-refractivity contribution in [2.75, 3.05) is 39.8 Å². The molecule has 5 heterocycles. The fraction of sp³-hybridized carbons (Fsp3) is 0.462. The molecule has 2 fully saturated rings. The predicted molar refractivity (Wildman–Crippen MR) is 133 cm³/mol. The minimum atomic E-state index is -1.85. The summed E-state index contributed by atoms with van der Waals surface area (Å²) >= 11 is 0. The zero-order valence-electron chi connectivity index (χ0n) is 20.5. The van der Waals surface area contributed by atoms with Crippen LogP contribution in [0, 0.1) is 11.8 Å². The number of esters is 1. The number of para-hydroxylation sites is 1. The van der Waals surface area contributed by atoms with Crippen LogP contribution in [0.5, 0.6) is 0 Å². The monoisotopic (exact) mass is 490 g/mol. The molecule has 0 spiro atoms. The molecule has 36 heavy (non-hydrogen) atoms. The van der Waals surface area contributed by atoms with E-state index in [1.807, 2.05) is 30.5 Å². The molecule has 0 saturated carbocycles. The van der Waals surface area contributed by atoms with E-state index in [4.69, 9.17) is 20.6 Å². The van der Waals surface area contributed by atoms with Crippen LogP contribution in [0.2, 0.25) is 0 Å². The molecule has 3 N–H and O–H groups in total. The molecular weight excluding hydrogens is 460 g/mol. The van der Waals surface area contributed by atoms with E-state index in [-0.39, 0.29) is 18.9 Å². The molecular formula is C26H30N6O4. The Bertz CT molecular complexity index is 1330. The molecule has 0 radical (unpaired) electrons. The van der Waals surface area contributed by atoms with E-state index in [1.54, 1.807) is 11.8 Å². The first-order chi connectivity index (χ1) is 17.3. The molecule has 10 nitrogen and oxygen atoms in total. The molecule has 6 rings (SSSR count). The zero-order chi connectivity index (χ0) is 25.2. The third-order valence-electron chi connectivity index (χ3n) is 8.07. The molecule has 2 saturated heterocycles. The number of carbonyl (C=O) groups excluding carboxylic acids is 2. The number of hydrogen-bond donors (Lipinski definition) is 2. The lowest BCUT2D eigenvalue weighted by Crippen LogP contribution is -2.61. The number of pyridine rings is 1. The normalized spacial score (nSPS) is 28.5. The first-order valence-electron chi connectivity index (χ1n) is 12.4. The number of ether oxygens (including phenoxy) is 1. The van der Waals surface area contributed by atoms with Crippen LogP contribution >= 0.6 is 0 Å². The summed E-state index contributed by atoms with van der Waals surface area (Å²) in [6, 6.07) is 7.81. The van der Waals surface area contributed by atoms with Gasteiger partial charge in [-0.25, -0.2) is 9.78 Å². The largest absolute Gasteiger partial charge is 0.463 e. The van der Waals surface area contributed by atoms with Gasteiger partial charge in [0.05, 0.1) is 41.5 Å². The Hall–Kier alpha value is -3.50. The van der Waals surface area contributed by atoms with Gasteiger partial charge in [0.2, 0.25) is 5.91 Å². The van der Waals surface area contributed by atoms with Gasteiger partial charge in [-0.2, -0.15) is 5.10 Å². The number of rotatable bonds is 3. The number of piperazine rings is 1. The average molecular weight is 491 g/mol. The maximum Gasteiger partial charge on any atom is 0.338 e. The van der Waals surface area contributed by atoms with Gasteiger partial charge in [-0.05, 0) is 19.5 Å². The zero-order valence-corrected chi connectivity index (χ0v) is 20.5. The van der Waals surface area contributed by atoms with Crippen molar-refractivity contribution in [2.45, 2.75) is 25.5 Å². The molecule has 1 amide bonds. The minimum absolute atomic E-state index is 0.0925. The number of cyclic esters (lactones) is 1. The number of likely N-dealkylation sites (N-methyl/N-ethyl adjacent to an activating group) is 1. The summed E-state index contributed by atoms with van der Waals surface area (Å²) in [5.41, 5.74) is 8.77. The Morgan fingerprint density at radius 1 is 1.25 bits per heavy atom. The summed E-state index contributed by atoms with van der Waals surface area (Å²) in [6.45, 7) is 5.47. The van der Waals surface area contributed by atoms with Crippen molar-refractivity contribution in [3.8, 4) is 0 Å². The lowest BCUT2D eigenvalue weighted by Gasteiger charge is -2.46. The smallest absolute Gasteiger partial charge is 0.338 e. The number of carbonyl (C=O) groups is 2. The first-order valence-corrected chi connectivity index (χ1v) is 12.4. The predicted octanol–water partition coefficient (Wildman–Crippen LogP) is 0.730. The highest BCUT2D eigenvalue weighted by Gasteiger charge is 2.59. The highest BCUT2D eigenvalue weighted by atomic mass is 16.6. The molecule has 3 atom stereocenters. The third kappa shape index (κ3) is 3.24. The highest BCUT2D eigenvalue weighted by Crippen LogP contribution is 2.49. The van der Waals surface area contributed by atoms with Crippen molar-refractivity contribution in [1.82, 2.24) is 19.8 Å². The van der Waals surface area contributed by atoms with Crippen LogP contribution in [-0.2, 0) is 20.9 Å². The van der Waals surface area contributed by atoms with Crippen molar-refractivity contribution >= 4 is 34.7 Å². The standard InChI is InChI=1S/C26H30N6O4/c1-3-26(35)20-18(14-36-25(26)34)24(33)32-13-17-16(12-28-31-10-8-30(2)9-11-31)15-6-4-5-7-19(15)29-22(17)23(32)21(20)27/h4-7,12,18,20,35H,3,8-11,13-14,27H2,1-2H3/b28-12+/t18?,20?,26-/m0/s1. The Kier molecular flexibility index (Phi) is 5.27. The summed E-state index contributed by atoms with van der Waals surface area (Å²) in [5.74, 6) is -2.54. The van der Waals surface area contributed by atoms with E-state index in [1.165, 1.54) is 0 Å². The van der Waals surface area contributed by atoms with E-state index < -0.39 is 23.4 Å². The molecule has 0 bridgehead atoms. The van der Waals surface area contributed by atoms with E-state index in [0.717, 1.165) is 48.2 Å². The summed E-state index contributed by atoms with van der Waals surface area (Å²) in [4.78, 5) is 35.0. The van der Waals surface area contributed by atoms with Crippen molar-refractivity contribution < 1.29 is 19.4 Å². The minimum Gasteiger partial charge on any atom is -0.463 e. The van der Waals surface area contributed by atoms with Gasteiger partial charge in [-0.3, -0.25) is 9.80 Å². The van der Waals surface area contributed by atoms with E-state index in [9.17, 15) is 14.7 Å². The number of aromatic nitrogens is 1. The van der Waals surface area contributed by atoms with E-state index >= 15 is 0 Å². The maximum atomic E-state index is 13.7. The van der Waals surface area contributed by atoms with Crippen LogP contribution < -0.4 is 5.73 Å². The molecule has 2 unspecified atom stereocenters. The first kappa shape index (κ1) is 22.9. The number of nitrogens with two attached hydrogens (primary N) is 1. The van der Waals surface area contributed by atoms with Gasteiger partial charge >= 0.3 is 5.97 Å². The lowest BCUT2D eigenvalue weighted by molar-refractivity contribution is -0.191. The number of hydrogen-bond acceptors (Lipinski definition) is 9. The molecule has 1 aromatic carbocycles. The molecule has 188 valence electrons. The summed E-state index contributed by atoms with van der Waals surface area (Å²) in [5, 5.41) is 19.1. The van der Waals surface area contributed by atoms with Gasteiger partial charge in [0.25, 0.3) is 0 Å². The number of hydrazone groups is 1. The van der Waals surface area contributed by atoms with Crippen molar-refractivity contribution in [3.63, 3.8) is 0 Å². The topological polar surface area (TPSA) is 125 Å². The Morgan fingerprint density at radius 2 is 2.00 bits per heavy atom. The fourth-order valence-electron chi connectivity index (χ4n) is 5.92. The van der Waals surface area contributed by atoms with Crippen LogP contribution in [0.1, 0.15) is 30.2 Å². The Morgan fingerprint density at radius 3 is 2.75 bits per heavy atom. The highest BCUT2D eigenvalue weighted by molar-refractivity contribution is 6.04. The number of benzene rings is 1. The maximum absolute atomic E-state index is 13.7. The number of aliphatic hydroxyl groups is 1. The van der Waals surface area contributed by atoms with Gasteiger partial charge in [-0.15, -0.1) is 0 Å². The fourth-order valence-corrected chi connectivity index (χ4v) is 5.92. The Balaban J connectivity index is 1.50. The molecule has 4 aliphatic heterocycles. The van der Waals surface area contributed by atoms with Crippen LogP contribution in [0.15, 0.2) is 35.1 Å². The molecule has 1 aromatic heterocycles. The van der Waals surface area contributed by atoms with E-state index in [2.05, 4.69) is 17.0 Å². The van der Waals surface area contributed by atoms with Gasteiger partial charge in [-0.1, -0.05) is 25.1 Å². The lowest BCUT2D eigenvalue weighted by atomic mass is 9.70. The van der Waals surface area contributed by atoms with Crippen molar-refractivity contribution in [2.24, 2.45) is 22.7 Å². The second kappa shape index (κ2) is 8.28. The van der Waals surface area contributed by atoms with Crippen LogP contribution in [0.4, 0.5) is 0 Å². The molecule has 2 aromatic rings. The number of fused-ring (bicyclic) bond motifs is 5. The second-order valence-electron chi connectivity index (χ2n) is 10.1.